The Morgan fingerprint density at radius 2 is 2.22 bits per heavy atom. The van der Waals surface area contributed by atoms with E-state index >= 15 is 0 Å². The van der Waals surface area contributed by atoms with Crippen LogP contribution in [0.5, 0.6) is 0 Å². The first-order valence-corrected chi connectivity index (χ1v) is 7.21. The van der Waals surface area contributed by atoms with Crippen molar-refractivity contribution in [3.05, 3.63) is 12.0 Å². The van der Waals surface area contributed by atoms with Crippen molar-refractivity contribution in [2.45, 2.75) is 37.9 Å². The van der Waals surface area contributed by atoms with E-state index in [1.165, 1.54) is 6.20 Å². The van der Waals surface area contributed by atoms with Gasteiger partial charge in [0, 0.05) is 19.3 Å². The van der Waals surface area contributed by atoms with Crippen molar-refractivity contribution in [1.29, 1.82) is 0 Å². The first-order valence-electron chi connectivity index (χ1n) is 5.73. The molecule has 1 heterocycles. The number of hydrogen-bond donors (Lipinski definition) is 3. The topological polar surface area (TPSA) is 104 Å². The summed E-state index contributed by atoms with van der Waals surface area (Å²) < 4.78 is 27.6. The van der Waals surface area contributed by atoms with Crippen LogP contribution in [0.2, 0.25) is 0 Å². The van der Waals surface area contributed by atoms with Crippen LogP contribution in [0.1, 0.15) is 19.2 Å². The quantitative estimate of drug-likeness (QED) is 0.607. The lowest BCUT2D eigenvalue weighted by Crippen LogP contribution is -2.34. The predicted octanol–water partition coefficient (Wildman–Crippen LogP) is -0.767. The summed E-state index contributed by atoms with van der Waals surface area (Å²) in [4.78, 5) is 3.97. The molecule has 7 nitrogen and oxygen atoms in total. The maximum atomic E-state index is 11.8. The van der Waals surface area contributed by atoms with Gasteiger partial charge >= 0.3 is 0 Å². The average Bonchev–Trinajstić information content (AvgIpc) is 2.69. The summed E-state index contributed by atoms with van der Waals surface area (Å²) in [5.41, 5.74) is 0. The molecule has 0 aliphatic carbocycles. The molecule has 1 aromatic rings. The number of sulfonamides is 1. The third-order valence-electron chi connectivity index (χ3n) is 2.41. The van der Waals surface area contributed by atoms with Crippen LogP contribution in [0.15, 0.2) is 11.2 Å². The molecular weight excluding hydrogens is 258 g/mol. The molecule has 0 fully saturated rings. The van der Waals surface area contributed by atoms with E-state index in [0.29, 0.717) is 12.4 Å². The molecule has 1 aromatic heterocycles. The Bertz CT molecular complexity index is 483. The molecule has 18 heavy (non-hydrogen) atoms. The number of aliphatic hydroxyl groups excluding tert-OH is 2. The molecule has 104 valence electrons. The monoisotopic (exact) mass is 277 g/mol. The van der Waals surface area contributed by atoms with Crippen molar-refractivity contribution in [2.75, 3.05) is 13.2 Å². The van der Waals surface area contributed by atoms with Gasteiger partial charge in [-0.05, 0) is 13.3 Å². The van der Waals surface area contributed by atoms with Crippen molar-refractivity contribution < 1.29 is 18.6 Å². The third kappa shape index (κ3) is 3.77. The maximum Gasteiger partial charge on any atom is 0.259 e. The first kappa shape index (κ1) is 15.1. The second-order valence-electron chi connectivity index (χ2n) is 4.01. The summed E-state index contributed by atoms with van der Waals surface area (Å²) >= 11 is 0. The molecule has 0 spiro atoms. The lowest BCUT2D eigenvalue weighted by Gasteiger charge is -2.07. The average molecular weight is 277 g/mol. The number of nitrogens with zero attached hydrogens (tertiary/aromatic N) is 2. The van der Waals surface area contributed by atoms with Crippen LogP contribution >= 0.6 is 0 Å². The van der Waals surface area contributed by atoms with Crippen molar-refractivity contribution >= 4 is 10.0 Å². The van der Waals surface area contributed by atoms with E-state index in [1.807, 2.05) is 6.92 Å². The van der Waals surface area contributed by atoms with E-state index in [-0.39, 0.29) is 11.6 Å². The fourth-order valence-electron chi connectivity index (χ4n) is 1.42. The summed E-state index contributed by atoms with van der Waals surface area (Å²) in [7, 11) is -3.74. The number of nitrogens with one attached hydrogen (secondary N) is 1. The largest absolute Gasteiger partial charge is 0.394 e. The van der Waals surface area contributed by atoms with Gasteiger partial charge in [0.1, 0.15) is 5.82 Å². The Morgan fingerprint density at radius 3 is 2.78 bits per heavy atom. The minimum Gasteiger partial charge on any atom is -0.394 e. The van der Waals surface area contributed by atoms with Crippen LogP contribution in [0.4, 0.5) is 0 Å². The van der Waals surface area contributed by atoms with Gasteiger partial charge in [-0.25, -0.2) is 18.1 Å². The SMILES string of the molecule is CCCn1cc(S(=O)(=O)NCC(O)CO)nc1C. The number of imidazole rings is 1. The highest BCUT2D eigenvalue weighted by atomic mass is 32.2. The van der Waals surface area contributed by atoms with Crippen molar-refractivity contribution in [2.24, 2.45) is 0 Å². The maximum absolute atomic E-state index is 11.8. The molecule has 0 saturated carbocycles. The molecule has 0 bridgehead atoms. The van der Waals surface area contributed by atoms with Gasteiger partial charge in [0.2, 0.25) is 0 Å². The number of rotatable bonds is 7. The molecule has 1 atom stereocenters. The van der Waals surface area contributed by atoms with Crippen LogP contribution in [0.25, 0.3) is 0 Å². The Kier molecular flexibility index (Phi) is 5.27. The van der Waals surface area contributed by atoms with Gasteiger partial charge < -0.3 is 14.8 Å². The number of aryl methyl sites for hydroxylation is 2. The van der Waals surface area contributed by atoms with Crippen LogP contribution in [-0.4, -0.2) is 47.4 Å². The molecule has 0 amide bonds. The summed E-state index contributed by atoms with van der Waals surface area (Å²) in [6.45, 7) is 3.69. The zero-order chi connectivity index (χ0) is 13.8. The number of aromatic nitrogens is 2. The Labute approximate surface area is 107 Å². The molecule has 0 aromatic carbocycles. The number of hydrogen-bond acceptors (Lipinski definition) is 5. The predicted molar refractivity (Wildman–Crippen MR) is 65.5 cm³/mol. The molecule has 8 heteroatoms. The van der Waals surface area contributed by atoms with Gasteiger partial charge in [-0.1, -0.05) is 6.92 Å². The second-order valence-corrected chi connectivity index (χ2v) is 5.72. The molecule has 0 aliphatic heterocycles. The van der Waals surface area contributed by atoms with Crippen LogP contribution in [0.3, 0.4) is 0 Å². The summed E-state index contributed by atoms with van der Waals surface area (Å²) in [6.07, 6.45) is 1.23. The molecule has 0 saturated heterocycles. The highest BCUT2D eigenvalue weighted by molar-refractivity contribution is 7.89. The van der Waals surface area contributed by atoms with Crippen molar-refractivity contribution in [1.82, 2.24) is 14.3 Å². The molecule has 0 aliphatic rings. The first-order chi connectivity index (χ1) is 8.40. The van der Waals surface area contributed by atoms with E-state index in [4.69, 9.17) is 10.2 Å². The second kappa shape index (κ2) is 6.28. The smallest absolute Gasteiger partial charge is 0.259 e. The van der Waals surface area contributed by atoms with Gasteiger partial charge in [-0.3, -0.25) is 0 Å². The van der Waals surface area contributed by atoms with Crippen molar-refractivity contribution in [3.8, 4) is 0 Å². The van der Waals surface area contributed by atoms with E-state index in [9.17, 15) is 8.42 Å². The van der Waals surface area contributed by atoms with Gasteiger partial charge in [0.15, 0.2) is 5.03 Å². The van der Waals surface area contributed by atoms with E-state index in [1.54, 1.807) is 11.5 Å². The van der Waals surface area contributed by atoms with E-state index < -0.39 is 22.7 Å². The number of aliphatic hydroxyl groups is 2. The molecule has 3 N–H and O–H groups in total. The van der Waals surface area contributed by atoms with Crippen LogP contribution < -0.4 is 4.72 Å². The fraction of sp³-hybridized carbons (Fsp3) is 0.700. The summed E-state index contributed by atoms with van der Waals surface area (Å²) in [5, 5.41) is 17.7. The third-order valence-corrected chi connectivity index (χ3v) is 3.71. The van der Waals surface area contributed by atoms with Gasteiger partial charge in [0.05, 0.1) is 12.7 Å². The highest BCUT2D eigenvalue weighted by Gasteiger charge is 2.19. The Morgan fingerprint density at radius 1 is 1.56 bits per heavy atom. The van der Waals surface area contributed by atoms with E-state index in [2.05, 4.69) is 9.71 Å². The van der Waals surface area contributed by atoms with Crippen LogP contribution in [0, 0.1) is 6.92 Å². The highest BCUT2D eigenvalue weighted by Crippen LogP contribution is 2.09. The minimum atomic E-state index is -3.74. The normalized spacial score (nSPS) is 13.8. The van der Waals surface area contributed by atoms with E-state index in [0.717, 1.165) is 6.42 Å². The zero-order valence-corrected chi connectivity index (χ0v) is 11.3. The fourth-order valence-corrected chi connectivity index (χ4v) is 2.50. The van der Waals surface area contributed by atoms with Gasteiger partial charge in [-0.15, -0.1) is 0 Å². The Hall–Kier alpha value is -0.960. The minimum absolute atomic E-state index is 0.0708. The van der Waals surface area contributed by atoms with Gasteiger partial charge in [0.25, 0.3) is 10.0 Å². The zero-order valence-electron chi connectivity index (χ0n) is 10.5. The molecule has 0 radical (unpaired) electrons. The lowest BCUT2D eigenvalue weighted by molar-refractivity contribution is 0.0988. The molecule has 1 rings (SSSR count). The standard InChI is InChI=1S/C10H19N3O4S/c1-3-4-13-6-10(12-8(13)2)18(16,17)11-5-9(15)7-14/h6,9,11,14-15H,3-5,7H2,1-2H3. The molecular formula is C10H19N3O4S. The van der Waals surface area contributed by atoms with Crippen molar-refractivity contribution in [3.63, 3.8) is 0 Å². The van der Waals surface area contributed by atoms with Gasteiger partial charge in [-0.2, -0.15) is 0 Å². The lowest BCUT2D eigenvalue weighted by atomic mass is 10.4. The molecule has 1 unspecified atom stereocenters. The van der Waals surface area contributed by atoms with Crippen LogP contribution in [-0.2, 0) is 16.6 Å². The Balaban J connectivity index is 2.82. The summed E-state index contributed by atoms with van der Waals surface area (Å²) in [6, 6.07) is 0. The summed E-state index contributed by atoms with van der Waals surface area (Å²) in [5.74, 6) is 0.625.